The van der Waals surface area contributed by atoms with Gasteiger partial charge in [-0.2, -0.15) is 11.8 Å². The topological polar surface area (TPSA) is 47.7 Å². The van der Waals surface area contributed by atoms with E-state index in [2.05, 4.69) is 11.0 Å². The van der Waals surface area contributed by atoms with E-state index in [0.717, 1.165) is 30.2 Å². The number of para-hydroxylation sites is 1. The van der Waals surface area contributed by atoms with Gasteiger partial charge in [-0.1, -0.05) is 12.1 Å². The van der Waals surface area contributed by atoms with Crippen LogP contribution in [0.4, 0.5) is 0 Å². The van der Waals surface area contributed by atoms with E-state index < -0.39 is 0 Å². The molecule has 0 aliphatic carbocycles. The number of nitrogens with zero attached hydrogens (tertiary/aromatic N) is 1. The molecular weight excluding hydrogens is 272 g/mol. The van der Waals surface area contributed by atoms with Gasteiger partial charge >= 0.3 is 0 Å². The van der Waals surface area contributed by atoms with Crippen LogP contribution in [0.2, 0.25) is 0 Å². The first kappa shape index (κ1) is 15.5. The van der Waals surface area contributed by atoms with Crippen LogP contribution in [-0.2, 0) is 0 Å². The maximum atomic E-state index is 6.06. The van der Waals surface area contributed by atoms with Gasteiger partial charge < -0.3 is 15.2 Å². The minimum atomic E-state index is 0.193. The molecule has 0 spiro atoms. The number of hydrogen-bond donors (Lipinski definition) is 1. The molecule has 0 aromatic heterocycles. The average Bonchev–Trinajstić information content (AvgIpc) is 2.77. The Morgan fingerprint density at radius 2 is 2.10 bits per heavy atom. The Morgan fingerprint density at radius 1 is 1.25 bits per heavy atom. The normalized spacial score (nSPS) is 18.4. The first-order valence-electron chi connectivity index (χ1n) is 7.04. The van der Waals surface area contributed by atoms with Crippen molar-refractivity contribution >= 4 is 11.8 Å². The summed E-state index contributed by atoms with van der Waals surface area (Å²) in [4.78, 5) is 2.47. The minimum Gasteiger partial charge on any atom is -0.493 e. The summed E-state index contributed by atoms with van der Waals surface area (Å²) in [5, 5.41) is 0. The summed E-state index contributed by atoms with van der Waals surface area (Å²) in [7, 11) is 3.36. The minimum absolute atomic E-state index is 0.193. The summed E-state index contributed by atoms with van der Waals surface area (Å²) in [6.07, 6.45) is 1.22. The zero-order valence-electron chi connectivity index (χ0n) is 12.3. The fraction of sp³-hybridized carbons (Fsp3) is 0.600. The predicted octanol–water partition coefficient (Wildman–Crippen LogP) is 2.14. The van der Waals surface area contributed by atoms with Gasteiger partial charge in [-0.15, -0.1) is 0 Å². The van der Waals surface area contributed by atoms with E-state index in [1.54, 1.807) is 14.2 Å². The zero-order chi connectivity index (χ0) is 14.4. The molecule has 1 aromatic rings. The van der Waals surface area contributed by atoms with Crippen molar-refractivity contribution in [2.45, 2.75) is 12.5 Å². The van der Waals surface area contributed by atoms with Gasteiger partial charge in [0.2, 0.25) is 0 Å². The SMILES string of the molecule is COc1cccc(C(CN)N2CCCSCC2)c1OC. The van der Waals surface area contributed by atoms with Crippen LogP contribution in [0.15, 0.2) is 18.2 Å². The van der Waals surface area contributed by atoms with Gasteiger partial charge in [0.1, 0.15) is 0 Å². The largest absolute Gasteiger partial charge is 0.493 e. The Hall–Kier alpha value is -0.910. The van der Waals surface area contributed by atoms with E-state index in [-0.39, 0.29) is 6.04 Å². The molecule has 1 saturated heterocycles. The second-order valence-electron chi connectivity index (χ2n) is 4.84. The monoisotopic (exact) mass is 296 g/mol. The average molecular weight is 296 g/mol. The van der Waals surface area contributed by atoms with E-state index in [1.807, 2.05) is 23.9 Å². The molecular formula is C15H24N2O2S. The van der Waals surface area contributed by atoms with Crippen LogP contribution in [0.3, 0.4) is 0 Å². The molecule has 20 heavy (non-hydrogen) atoms. The van der Waals surface area contributed by atoms with Gasteiger partial charge in [-0.3, -0.25) is 4.90 Å². The van der Waals surface area contributed by atoms with E-state index in [4.69, 9.17) is 15.2 Å². The number of nitrogens with two attached hydrogens (primary N) is 1. The first-order chi connectivity index (χ1) is 9.81. The molecule has 0 bridgehead atoms. The van der Waals surface area contributed by atoms with E-state index in [1.165, 1.54) is 17.9 Å². The van der Waals surface area contributed by atoms with Crippen LogP contribution in [0.5, 0.6) is 11.5 Å². The number of methoxy groups -OCH3 is 2. The summed E-state index contributed by atoms with van der Waals surface area (Å²) < 4.78 is 11.0. The zero-order valence-corrected chi connectivity index (χ0v) is 13.1. The molecule has 0 amide bonds. The first-order valence-corrected chi connectivity index (χ1v) is 8.20. The molecule has 5 heteroatoms. The molecule has 0 radical (unpaired) electrons. The fourth-order valence-electron chi connectivity index (χ4n) is 2.72. The highest BCUT2D eigenvalue weighted by atomic mass is 32.2. The number of hydrogen-bond acceptors (Lipinski definition) is 5. The van der Waals surface area contributed by atoms with E-state index >= 15 is 0 Å². The molecule has 1 atom stereocenters. The van der Waals surface area contributed by atoms with Crippen molar-refractivity contribution < 1.29 is 9.47 Å². The number of ether oxygens (including phenoxy) is 2. The Bertz CT molecular complexity index is 420. The third-order valence-electron chi connectivity index (χ3n) is 3.71. The summed E-state index contributed by atoms with van der Waals surface area (Å²) in [5.41, 5.74) is 7.18. The second-order valence-corrected chi connectivity index (χ2v) is 6.06. The van der Waals surface area contributed by atoms with Crippen LogP contribution in [-0.4, -0.2) is 50.3 Å². The van der Waals surface area contributed by atoms with Crippen molar-refractivity contribution in [2.75, 3.05) is 45.4 Å². The summed E-state index contributed by atoms with van der Waals surface area (Å²) >= 11 is 2.02. The smallest absolute Gasteiger partial charge is 0.165 e. The van der Waals surface area contributed by atoms with Gasteiger partial charge in [0.25, 0.3) is 0 Å². The Labute approximate surface area is 125 Å². The molecule has 1 aromatic carbocycles. The van der Waals surface area contributed by atoms with Gasteiger partial charge in [0.15, 0.2) is 11.5 Å². The quantitative estimate of drug-likeness (QED) is 0.902. The summed E-state index contributed by atoms with van der Waals surface area (Å²) in [5.74, 6) is 3.99. The van der Waals surface area contributed by atoms with Gasteiger partial charge in [0, 0.05) is 24.4 Å². The highest BCUT2D eigenvalue weighted by Crippen LogP contribution is 2.37. The maximum Gasteiger partial charge on any atom is 0.165 e. The van der Waals surface area contributed by atoms with Crippen molar-refractivity contribution in [1.82, 2.24) is 4.90 Å². The molecule has 0 saturated carbocycles. The van der Waals surface area contributed by atoms with Crippen molar-refractivity contribution in [1.29, 1.82) is 0 Å². The molecule has 1 fully saturated rings. The highest BCUT2D eigenvalue weighted by molar-refractivity contribution is 7.99. The van der Waals surface area contributed by atoms with Crippen LogP contribution < -0.4 is 15.2 Å². The lowest BCUT2D eigenvalue weighted by molar-refractivity contribution is 0.212. The Kier molecular flexibility index (Phi) is 6.01. The number of rotatable bonds is 5. The summed E-state index contributed by atoms with van der Waals surface area (Å²) in [6.45, 7) is 2.76. The standard InChI is InChI=1S/C15H24N2O2S/c1-18-14-6-3-5-12(15(14)19-2)13(11-16)17-7-4-9-20-10-8-17/h3,5-6,13H,4,7-11,16H2,1-2H3. The number of thioether (sulfide) groups is 1. The van der Waals surface area contributed by atoms with E-state index in [9.17, 15) is 0 Å². The lowest BCUT2D eigenvalue weighted by Crippen LogP contribution is -2.35. The highest BCUT2D eigenvalue weighted by Gasteiger charge is 2.24. The predicted molar refractivity (Wildman–Crippen MR) is 84.9 cm³/mol. The van der Waals surface area contributed by atoms with Crippen molar-refractivity contribution in [3.8, 4) is 11.5 Å². The third-order valence-corrected chi connectivity index (χ3v) is 4.76. The third kappa shape index (κ3) is 3.40. The maximum absolute atomic E-state index is 6.06. The Balaban J connectivity index is 2.30. The second kappa shape index (κ2) is 7.76. The van der Waals surface area contributed by atoms with Crippen molar-refractivity contribution in [3.05, 3.63) is 23.8 Å². The molecule has 4 nitrogen and oxygen atoms in total. The fourth-order valence-corrected chi connectivity index (χ4v) is 3.63. The molecule has 1 aliphatic rings. The molecule has 1 heterocycles. The molecule has 1 unspecified atom stereocenters. The lowest BCUT2D eigenvalue weighted by atomic mass is 10.0. The summed E-state index contributed by atoms with van der Waals surface area (Å²) in [6, 6.07) is 6.22. The molecule has 2 N–H and O–H groups in total. The molecule has 112 valence electrons. The molecule has 2 rings (SSSR count). The van der Waals surface area contributed by atoms with Crippen LogP contribution >= 0.6 is 11.8 Å². The van der Waals surface area contributed by atoms with E-state index in [0.29, 0.717) is 6.54 Å². The number of benzene rings is 1. The van der Waals surface area contributed by atoms with Gasteiger partial charge in [-0.25, -0.2) is 0 Å². The van der Waals surface area contributed by atoms with Crippen molar-refractivity contribution in [3.63, 3.8) is 0 Å². The van der Waals surface area contributed by atoms with Crippen LogP contribution in [0.25, 0.3) is 0 Å². The van der Waals surface area contributed by atoms with Gasteiger partial charge in [-0.05, 0) is 24.8 Å². The Morgan fingerprint density at radius 3 is 2.80 bits per heavy atom. The van der Waals surface area contributed by atoms with Crippen LogP contribution in [0, 0.1) is 0 Å². The lowest BCUT2D eigenvalue weighted by Gasteiger charge is -2.31. The van der Waals surface area contributed by atoms with Crippen molar-refractivity contribution in [2.24, 2.45) is 5.73 Å². The molecule has 1 aliphatic heterocycles. The van der Waals surface area contributed by atoms with Crippen LogP contribution in [0.1, 0.15) is 18.0 Å². The van der Waals surface area contributed by atoms with Gasteiger partial charge in [0.05, 0.1) is 20.3 Å².